The molecule has 3 nitrogen and oxygen atoms in total. The molecule has 0 spiro atoms. The number of alkyl halides is 3. The number of para-hydroxylation sites is 1. The van der Waals surface area contributed by atoms with Crippen LogP contribution in [0.3, 0.4) is 0 Å². The maximum atomic E-state index is 12.8. The maximum absolute atomic E-state index is 12.8. The molecule has 6 heteroatoms. The van der Waals surface area contributed by atoms with Crippen LogP contribution in [0.4, 0.5) is 13.2 Å². The van der Waals surface area contributed by atoms with E-state index >= 15 is 0 Å². The van der Waals surface area contributed by atoms with Crippen molar-refractivity contribution < 1.29 is 13.2 Å². The summed E-state index contributed by atoms with van der Waals surface area (Å²) in [4.78, 5) is 0. The monoisotopic (exact) mass is 237 g/mol. The SMILES string of the molecule is N#Cc1ccnn1-c1ccccc1C(F)(F)F. The molecule has 0 N–H and O–H groups in total. The van der Waals surface area contributed by atoms with E-state index in [2.05, 4.69) is 5.10 Å². The second-order valence-corrected chi connectivity index (χ2v) is 3.25. The predicted molar refractivity (Wildman–Crippen MR) is 53.3 cm³/mol. The van der Waals surface area contributed by atoms with Gasteiger partial charge in [-0.1, -0.05) is 12.1 Å². The van der Waals surface area contributed by atoms with Crippen molar-refractivity contribution in [3.63, 3.8) is 0 Å². The molecule has 0 aliphatic rings. The number of hydrogen-bond acceptors (Lipinski definition) is 2. The number of nitriles is 1. The maximum Gasteiger partial charge on any atom is 0.418 e. The third-order valence-electron chi connectivity index (χ3n) is 2.19. The van der Waals surface area contributed by atoms with E-state index in [-0.39, 0.29) is 11.4 Å². The molecule has 0 atom stereocenters. The van der Waals surface area contributed by atoms with Crippen LogP contribution in [0.15, 0.2) is 36.5 Å². The molecule has 86 valence electrons. The van der Waals surface area contributed by atoms with Gasteiger partial charge in [-0.3, -0.25) is 0 Å². The lowest BCUT2D eigenvalue weighted by Crippen LogP contribution is -2.12. The molecule has 0 radical (unpaired) electrons. The van der Waals surface area contributed by atoms with Crippen molar-refractivity contribution in [1.82, 2.24) is 9.78 Å². The number of halogens is 3. The van der Waals surface area contributed by atoms with E-state index in [1.807, 2.05) is 0 Å². The van der Waals surface area contributed by atoms with Crippen LogP contribution in [0.25, 0.3) is 5.69 Å². The van der Waals surface area contributed by atoms with Gasteiger partial charge in [-0.25, -0.2) is 4.68 Å². The van der Waals surface area contributed by atoms with Gasteiger partial charge in [-0.2, -0.15) is 23.5 Å². The average molecular weight is 237 g/mol. The summed E-state index contributed by atoms with van der Waals surface area (Å²) < 4.78 is 39.2. The third-order valence-corrected chi connectivity index (χ3v) is 2.19. The summed E-state index contributed by atoms with van der Waals surface area (Å²) in [5.41, 5.74) is -0.913. The Bertz CT molecular complexity index is 578. The fraction of sp³-hybridized carbons (Fsp3) is 0.0909. The van der Waals surface area contributed by atoms with Crippen LogP contribution in [0.2, 0.25) is 0 Å². The number of hydrogen-bond donors (Lipinski definition) is 0. The zero-order valence-electron chi connectivity index (χ0n) is 8.44. The van der Waals surface area contributed by atoms with Crippen LogP contribution in [-0.4, -0.2) is 9.78 Å². The first-order valence-electron chi connectivity index (χ1n) is 4.65. The predicted octanol–water partition coefficient (Wildman–Crippen LogP) is 2.76. The molecule has 2 rings (SSSR count). The molecule has 0 unspecified atom stereocenters. The van der Waals surface area contributed by atoms with Gasteiger partial charge in [-0.05, 0) is 18.2 Å². The van der Waals surface area contributed by atoms with E-state index in [4.69, 9.17) is 5.26 Å². The molecule has 1 aromatic heterocycles. The lowest BCUT2D eigenvalue weighted by Gasteiger charge is -2.12. The van der Waals surface area contributed by atoms with Crippen LogP contribution in [0, 0.1) is 11.3 Å². The molecule has 17 heavy (non-hydrogen) atoms. The third kappa shape index (κ3) is 1.99. The molecule has 0 amide bonds. The van der Waals surface area contributed by atoms with Crippen LogP contribution in [0.5, 0.6) is 0 Å². The van der Waals surface area contributed by atoms with Crippen molar-refractivity contribution in [2.24, 2.45) is 0 Å². The quantitative estimate of drug-likeness (QED) is 0.765. The minimum absolute atomic E-state index is 0.0571. The molecule has 0 fully saturated rings. The van der Waals surface area contributed by atoms with Gasteiger partial charge in [0.25, 0.3) is 0 Å². The Labute approximate surface area is 94.7 Å². The summed E-state index contributed by atoms with van der Waals surface area (Å²) in [5, 5.41) is 12.5. The van der Waals surface area contributed by atoms with Crippen molar-refractivity contribution in [2.45, 2.75) is 6.18 Å². The zero-order chi connectivity index (χ0) is 12.5. The van der Waals surface area contributed by atoms with Gasteiger partial charge < -0.3 is 0 Å². The minimum Gasteiger partial charge on any atom is -0.222 e. The fourth-order valence-corrected chi connectivity index (χ4v) is 1.48. The first-order valence-corrected chi connectivity index (χ1v) is 4.65. The van der Waals surface area contributed by atoms with Crippen LogP contribution in [0.1, 0.15) is 11.3 Å². The lowest BCUT2D eigenvalue weighted by atomic mass is 10.1. The van der Waals surface area contributed by atoms with E-state index in [9.17, 15) is 13.2 Å². The number of benzene rings is 1. The number of nitrogens with zero attached hydrogens (tertiary/aromatic N) is 3. The second kappa shape index (κ2) is 3.94. The van der Waals surface area contributed by atoms with Gasteiger partial charge >= 0.3 is 6.18 Å². The Morgan fingerprint density at radius 1 is 1.18 bits per heavy atom. The lowest BCUT2D eigenvalue weighted by molar-refractivity contribution is -0.137. The van der Waals surface area contributed by atoms with Crippen molar-refractivity contribution in [3.8, 4) is 11.8 Å². The van der Waals surface area contributed by atoms with Gasteiger partial charge in [-0.15, -0.1) is 0 Å². The first kappa shape index (κ1) is 11.2. The minimum atomic E-state index is -4.48. The van der Waals surface area contributed by atoms with Gasteiger partial charge in [0.15, 0.2) is 0 Å². The van der Waals surface area contributed by atoms with Gasteiger partial charge in [0.1, 0.15) is 11.8 Å². The Morgan fingerprint density at radius 2 is 1.88 bits per heavy atom. The topological polar surface area (TPSA) is 41.6 Å². The van der Waals surface area contributed by atoms with Gasteiger partial charge in [0, 0.05) is 0 Å². The highest BCUT2D eigenvalue weighted by Gasteiger charge is 2.34. The highest BCUT2D eigenvalue weighted by molar-refractivity contribution is 5.44. The molecule has 0 saturated heterocycles. The van der Waals surface area contributed by atoms with E-state index in [0.29, 0.717) is 0 Å². The van der Waals surface area contributed by atoms with Gasteiger partial charge in [0.2, 0.25) is 0 Å². The standard InChI is InChI=1S/C11H6F3N3/c12-11(13,14)9-3-1-2-4-10(9)17-8(7-15)5-6-16-17/h1-6H. The van der Waals surface area contributed by atoms with E-state index in [1.54, 1.807) is 6.07 Å². The Kier molecular flexibility index (Phi) is 2.60. The highest BCUT2D eigenvalue weighted by atomic mass is 19.4. The van der Waals surface area contributed by atoms with Crippen molar-refractivity contribution in [3.05, 3.63) is 47.8 Å². The highest BCUT2D eigenvalue weighted by Crippen LogP contribution is 2.33. The van der Waals surface area contributed by atoms with Crippen molar-refractivity contribution in [2.75, 3.05) is 0 Å². The zero-order valence-corrected chi connectivity index (χ0v) is 8.44. The van der Waals surface area contributed by atoms with Crippen molar-refractivity contribution in [1.29, 1.82) is 5.26 Å². The van der Waals surface area contributed by atoms with Crippen LogP contribution in [-0.2, 0) is 6.18 Å². The first-order chi connectivity index (χ1) is 8.04. The second-order valence-electron chi connectivity index (χ2n) is 3.25. The summed E-state index contributed by atoms with van der Waals surface area (Å²) >= 11 is 0. The summed E-state index contributed by atoms with van der Waals surface area (Å²) in [5.74, 6) is 0. The largest absolute Gasteiger partial charge is 0.418 e. The normalized spacial score (nSPS) is 11.2. The fourth-order valence-electron chi connectivity index (χ4n) is 1.48. The smallest absolute Gasteiger partial charge is 0.222 e. The van der Waals surface area contributed by atoms with Crippen molar-refractivity contribution >= 4 is 0 Å². The van der Waals surface area contributed by atoms with Gasteiger partial charge in [0.05, 0.1) is 17.4 Å². The van der Waals surface area contributed by atoms with E-state index in [0.717, 1.165) is 10.7 Å². The van der Waals surface area contributed by atoms with Crippen LogP contribution < -0.4 is 0 Å². The Morgan fingerprint density at radius 3 is 2.53 bits per heavy atom. The molecule has 0 bridgehead atoms. The molecule has 1 aromatic carbocycles. The Hall–Kier alpha value is -2.29. The summed E-state index contributed by atoms with van der Waals surface area (Å²) in [6.07, 6.45) is -3.19. The molecule has 2 aromatic rings. The van der Waals surface area contributed by atoms with Crippen LogP contribution >= 0.6 is 0 Å². The molecular formula is C11H6F3N3. The average Bonchev–Trinajstić information content (AvgIpc) is 2.75. The molecule has 0 saturated carbocycles. The number of aromatic nitrogens is 2. The summed E-state index contributed by atoms with van der Waals surface area (Å²) in [6.45, 7) is 0. The Balaban J connectivity index is 2.65. The molecule has 1 heterocycles. The molecular weight excluding hydrogens is 231 g/mol. The van der Waals surface area contributed by atoms with E-state index < -0.39 is 11.7 Å². The molecule has 0 aliphatic carbocycles. The summed E-state index contributed by atoms with van der Waals surface area (Å²) in [6, 6.07) is 8.13. The molecule has 0 aliphatic heterocycles. The number of rotatable bonds is 1. The summed E-state index contributed by atoms with van der Waals surface area (Å²) in [7, 11) is 0. The van der Waals surface area contributed by atoms with E-state index in [1.165, 1.54) is 30.5 Å².